The summed E-state index contributed by atoms with van der Waals surface area (Å²) in [5, 5.41) is 0. The molecule has 0 aromatic carbocycles. The van der Waals surface area contributed by atoms with Gasteiger partial charge in [-0.3, -0.25) is 0 Å². The van der Waals surface area contributed by atoms with Crippen LogP contribution in [0.15, 0.2) is 0 Å². The first-order chi connectivity index (χ1) is 11.8. The molecule has 0 amide bonds. The first-order valence-electron chi connectivity index (χ1n) is 11.3. The summed E-state index contributed by atoms with van der Waals surface area (Å²) in [6.07, 6.45) is 26.4. The zero-order chi connectivity index (χ0) is 16.4. The Kier molecular flexibility index (Phi) is 6.37. The molecule has 4 aliphatic rings. The van der Waals surface area contributed by atoms with Gasteiger partial charge in [0.15, 0.2) is 0 Å². The van der Waals surface area contributed by atoms with Gasteiger partial charge in [0.05, 0.1) is 23.4 Å². The van der Waals surface area contributed by atoms with E-state index in [4.69, 9.17) is 0 Å². The lowest BCUT2D eigenvalue weighted by Gasteiger charge is -2.43. The minimum absolute atomic E-state index is 0.757. The maximum atomic E-state index is 4.42. The topological polar surface area (TPSA) is 0 Å². The molecule has 0 unspecified atom stereocenters. The van der Waals surface area contributed by atoms with Crippen LogP contribution in [0, 0.1) is 0 Å². The molecule has 4 rings (SSSR count). The molecule has 0 nitrogen and oxygen atoms in total. The van der Waals surface area contributed by atoms with E-state index in [9.17, 15) is 0 Å². The monoisotopic (exact) mass is 411 g/mol. The fourth-order valence-corrected chi connectivity index (χ4v) is 14.9. The second-order valence-corrected chi connectivity index (χ2v) is 17.1. The molecule has 0 N–H and O–H groups in total. The lowest BCUT2D eigenvalue weighted by atomic mass is 9.26. The molecule has 0 radical (unpaired) electrons. The van der Waals surface area contributed by atoms with E-state index in [2.05, 4.69) is 15.5 Å². The van der Waals surface area contributed by atoms with Crippen LogP contribution in [-0.4, -0.2) is 24.2 Å². The molecule has 4 bridgehead atoms. The van der Waals surface area contributed by atoms with Crippen LogP contribution in [0.4, 0.5) is 0 Å². The third kappa shape index (κ3) is 3.81. The zero-order valence-electron chi connectivity index (χ0n) is 15.7. The quantitative estimate of drug-likeness (QED) is 0.234. The maximum absolute atomic E-state index is 4.42. The Morgan fingerprint density at radius 3 is 1.71 bits per heavy atom. The lowest BCUT2D eigenvalue weighted by Crippen LogP contribution is -2.34. The van der Waals surface area contributed by atoms with Gasteiger partial charge in [0.2, 0.25) is 0 Å². The van der Waals surface area contributed by atoms with Crippen molar-refractivity contribution in [2.75, 3.05) is 6.16 Å². The molecule has 136 valence electrons. The smallest absolute Gasteiger partial charge is 0.0737 e. The molecular weight excluding hydrogens is 374 g/mol. The number of fused-ring (bicyclic) bond motifs is 4. The molecule has 0 aromatic heterocycles. The van der Waals surface area contributed by atoms with E-state index in [0.717, 1.165) is 29.7 Å². The molecule has 0 saturated carbocycles. The highest BCUT2D eigenvalue weighted by atomic mass is 79.9. The first kappa shape index (κ1) is 18.3. The van der Waals surface area contributed by atoms with Crippen LogP contribution in [0.25, 0.3) is 0 Å². The number of rotatable bonds is 6. The van der Waals surface area contributed by atoms with Crippen molar-refractivity contribution < 1.29 is 0 Å². The predicted molar refractivity (Wildman–Crippen MR) is 116 cm³/mol. The largest absolute Gasteiger partial charge is 0.146 e. The molecule has 3 heteroatoms. The fraction of sp³-hybridized carbons (Fsp3) is 1.00. The van der Waals surface area contributed by atoms with Gasteiger partial charge in [-0.25, -0.2) is 0 Å². The van der Waals surface area contributed by atoms with Gasteiger partial charge in [-0.1, -0.05) is 69.3 Å². The summed E-state index contributed by atoms with van der Waals surface area (Å²) >= 11 is 4.42. The Hall–Kier alpha value is 0.975. The van der Waals surface area contributed by atoms with E-state index in [1.54, 1.807) is 83.1 Å². The van der Waals surface area contributed by atoms with E-state index in [0.29, 0.717) is 0 Å². The number of unbranched alkanes of at least 4 members (excludes halogenated alkanes) is 2. The molecule has 24 heavy (non-hydrogen) atoms. The van der Waals surface area contributed by atoms with Crippen LogP contribution in [0.3, 0.4) is 0 Å². The molecule has 4 heterocycles. The second kappa shape index (κ2) is 8.33. The molecule has 0 aromatic rings. The van der Waals surface area contributed by atoms with Crippen molar-refractivity contribution in [1.82, 2.24) is 0 Å². The average molecular weight is 412 g/mol. The molecule has 4 saturated heterocycles. The standard InChI is InChI=1S/C21H38BBrP/c23-24(20-12-6-13-21(24)15-7-14-20)17-3-1-2-16-22-18-8-4-9-19(22)11-5-10-18/h18-21H,1-17H2/q+1. The summed E-state index contributed by atoms with van der Waals surface area (Å²) in [4.78, 5) is 0. The minimum Gasteiger partial charge on any atom is -0.0737 e. The third-order valence-electron chi connectivity index (χ3n) is 8.41. The lowest BCUT2D eigenvalue weighted by molar-refractivity contribution is 0.440. The summed E-state index contributed by atoms with van der Waals surface area (Å²) < 4.78 is 0. The normalized spacial score (nSPS) is 42.1. The van der Waals surface area contributed by atoms with Crippen molar-refractivity contribution in [2.24, 2.45) is 0 Å². The van der Waals surface area contributed by atoms with Crippen LogP contribution in [0.2, 0.25) is 18.0 Å². The molecule has 4 aliphatic heterocycles. The van der Waals surface area contributed by atoms with Crippen LogP contribution in [-0.2, 0) is 0 Å². The molecular formula is C21H38BBrP+. The fourth-order valence-electron chi connectivity index (χ4n) is 7.19. The van der Waals surface area contributed by atoms with Crippen molar-refractivity contribution in [2.45, 2.75) is 126 Å². The molecule has 0 aliphatic carbocycles. The summed E-state index contributed by atoms with van der Waals surface area (Å²) in [5.41, 5.74) is 2.23. The second-order valence-electron chi connectivity index (χ2n) is 9.62. The Morgan fingerprint density at radius 1 is 0.667 bits per heavy atom. The van der Waals surface area contributed by atoms with E-state index < -0.39 is 5.96 Å². The van der Waals surface area contributed by atoms with Gasteiger partial charge in [0, 0.05) is 0 Å². The Labute approximate surface area is 159 Å². The molecule has 0 atom stereocenters. The molecule has 4 fully saturated rings. The minimum atomic E-state index is -0.757. The highest BCUT2D eigenvalue weighted by molar-refractivity contribution is 9.42. The molecule has 0 spiro atoms. The van der Waals surface area contributed by atoms with Crippen LogP contribution in [0.1, 0.15) is 96.3 Å². The van der Waals surface area contributed by atoms with E-state index in [-0.39, 0.29) is 0 Å². The van der Waals surface area contributed by atoms with Crippen LogP contribution in [0.5, 0.6) is 0 Å². The van der Waals surface area contributed by atoms with Gasteiger partial charge >= 0.3 is 0 Å². The van der Waals surface area contributed by atoms with Crippen LogP contribution < -0.4 is 0 Å². The van der Waals surface area contributed by atoms with Gasteiger partial charge in [0.25, 0.3) is 0 Å². The van der Waals surface area contributed by atoms with Gasteiger partial charge in [-0.2, -0.15) is 0 Å². The van der Waals surface area contributed by atoms with E-state index in [1.807, 2.05) is 0 Å². The number of hydrogen-bond acceptors (Lipinski definition) is 0. The summed E-state index contributed by atoms with van der Waals surface area (Å²) in [6.45, 7) is 1.13. The van der Waals surface area contributed by atoms with Gasteiger partial charge < -0.3 is 0 Å². The van der Waals surface area contributed by atoms with Crippen molar-refractivity contribution >= 4 is 28.2 Å². The predicted octanol–water partition coefficient (Wildman–Crippen LogP) is 8.19. The van der Waals surface area contributed by atoms with Crippen molar-refractivity contribution in [3.63, 3.8) is 0 Å². The summed E-state index contributed by atoms with van der Waals surface area (Å²) in [7, 11) is 0. The van der Waals surface area contributed by atoms with E-state index >= 15 is 0 Å². The van der Waals surface area contributed by atoms with Gasteiger partial charge in [-0.05, 0) is 44.9 Å². The van der Waals surface area contributed by atoms with E-state index in [1.165, 1.54) is 25.7 Å². The average Bonchev–Trinajstić information content (AvgIpc) is 2.53. The number of hydrogen-bond donors (Lipinski definition) is 0. The van der Waals surface area contributed by atoms with Crippen molar-refractivity contribution in [3.8, 4) is 0 Å². The van der Waals surface area contributed by atoms with Crippen molar-refractivity contribution in [3.05, 3.63) is 0 Å². The Morgan fingerprint density at radius 2 is 1.17 bits per heavy atom. The highest BCUT2D eigenvalue weighted by Crippen LogP contribution is 2.80. The third-order valence-corrected chi connectivity index (χ3v) is 17.4. The zero-order valence-corrected chi connectivity index (χ0v) is 18.2. The SMILES string of the molecule is Br[P+]1(CCCCCB2C3CCCC2CCC3)C2CCCC1CCC2. The maximum Gasteiger partial charge on any atom is 0.146 e. The van der Waals surface area contributed by atoms with Crippen molar-refractivity contribution in [1.29, 1.82) is 0 Å². The summed E-state index contributed by atoms with van der Waals surface area (Å²) in [5.74, 6) is 1.50. The summed E-state index contributed by atoms with van der Waals surface area (Å²) in [6, 6.07) is 0. The number of halogens is 1. The van der Waals surface area contributed by atoms with Crippen LogP contribution >= 0.6 is 21.5 Å². The highest BCUT2D eigenvalue weighted by Gasteiger charge is 2.54. The Bertz CT molecular complexity index is 371. The van der Waals surface area contributed by atoms with Gasteiger partial charge in [0.1, 0.15) is 22.2 Å². The Balaban J connectivity index is 1.21. The first-order valence-corrected chi connectivity index (χ1v) is 15.5. The van der Waals surface area contributed by atoms with Gasteiger partial charge in [-0.15, -0.1) is 0 Å².